The van der Waals surface area contributed by atoms with Crippen LogP contribution in [0.5, 0.6) is 17.2 Å². The number of halogens is 1. The van der Waals surface area contributed by atoms with Crippen LogP contribution in [-0.4, -0.2) is 56.6 Å². The van der Waals surface area contributed by atoms with E-state index in [1.165, 1.54) is 7.11 Å². The Morgan fingerprint density at radius 3 is 2.73 bits per heavy atom. The van der Waals surface area contributed by atoms with Crippen molar-refractivity contribution in [1.82, 2.24) is 15.1 Å². The van der Waals surface area contributed by atoms with Crippen LogP contribution in [0.1, 0.15) is 34.1 Å². The topological polar surface area (TPSA) is 119 Å². The maximum Gasteiger partial charge on any atom is 0.273 e. The Morgan fingerprint density at radius 2 is 2.03 bits per heavy atom. The van der Waals surface area contributed by atoms with E-state index in [1.807, 2.05) is 0 Å². The number of ether oxygens (including phenoxy) is 1. The van der Waals surface area contributed by atoms with Gasteiger partial charge in [0.2, 0.25) is 0 Å². The van der Waals surface area contributed by atoms with Gasteiger partial charge in [-0.25, -0.2) is 0 Å². The van der Waals surface area contributed by atoms with Crippen molar-refractivity contribution in [2.75, 3.05) is 20.3 Å². The first kappa shape index (κ1) is 20.2. The smallest absolute Gasteiger partial charge is 0.273 e. The number of methoxy groups -OCH3 is 1. The summed E-state index contributed by atoms with van der Waals surface area (Å²) in [5.41, 5.74) is 2.62. The molecule has 1 aliphatic rings. The van der Waals surface area contributed by atoms with Crippen LogP contribution in [0.15, 0.2) is 40.9 Å². The fraction of sp³-hybridized carbons (Fsp3) is 0.238. The van der Waals surface area contributed by atoms with Gasteiger partial charge in [0.05, 0.1) is 17.6 Å². The van der Waals surface area contributed by atoms with Crippen LogP contribution >= 0.6 is 15.9 Å². The number of carbonyl (C=O) groups excluding carboxylic acids is 1. The van der Waals surface area contributed by atoms with E-state index in [0.717, 1.165) is 0 Å². The van der Waals surface area contributed by atoms with Crippen molar-refractivity contribution in [2.45, 2.75) is 12.5 Å². The maximum absolute atomic E-state index is 13.1. The standard InChI is InChI=1S/C21H20BrN3O5/c1-30-15-10-11(9-13(22)20(15)28)19-16-17(12-5-2-3-6-14(12)27)23-24-18(16)21(29)25(19)7-4-8-26/h2-3,5-6,9-10,19,26-28H,4,7-8H2,1H3,(H,23,24)/t19-/m0/s1. The van der Waals surface area contributed by atoms with Crippen LogP contribution < -0.4 is 4.74 Å². The summed E-state index contributed by atoms with van der Waals surface area (Å²) < 4.78 is 5.71. The first-order valence-electron chi connectivity index (χ1n) is 9.32. The molecule has 0 fully saturated rings. The minimum atomic E-state index is -0.543. The highest BCUT2D eigenvalue weighted by Crippen LogP contribution is 2.47. The normalized spacial score (nSPS) is 15.5. The number of carbonyl (C=O) groups is 1. The van der Waals surface area contributed by atoms with Gasteiger partial charge in [-0.15, -0.1) is 0 Å². The minimum Gasteiger partial charge on any atom is -0.507 e. The summed E-state index contributed by atoms with van der Waals surface area (Å²) in [6.07, 6.45) is 0.405. The average molecular weight is 474 g/mol. The molecule has 2 aromatic carbocycles. The van der Waals surface area contributed by atoms with Gasteiger partial charge in [-0.3, -0.25) is 9.89 Å². The number of aromatic nitrogens is 2. The van der Waals surface area contributed by atoms with E-state index < -0.39 is 6.04 Å². The number of rotatable bonds is 6. The third-order valence-corrected chi connectivity index (χ3v) is 5.77. The van der Waals surface area contributed by atoms with Gasteiger partial charge in [-0.05, 0) is 52.2 Å². The SMILES string of the molecule is COc1cc([C@H]2c3c(-c4ccccc4O)n[nH]c3C(=O)N2CCCO)cc(Br)c1O. The van der Waals surface area contributed by atoms with Crippen LogP contribution in [0.4, 0.5) is 0 Å². The number of nitrogens with zero attached hydrogens (tertiary/aromatic N) is 2. The summed E-state index contributed by atoms with van der Waals surface area (Å²) in [4.78, 5) is 14.8. The number of para-hydroxylation sites is 1. The third-order valence-electron chi connectivity index (χ3n) is 5.17. The predicted octanol–water partition coefficient (Wildman–Crippen LogP) is 3.19. The number of aliphatic hydroxyl groups excluding tert-OH is 1. The Balaban J connectivity index is 1.93. The molecule has 1 amide bonds. The second kappa shape index (κ2) is 8.00. The number of phenolic OH excluding ortho intramolecular Hbond substituents is 2. The molecule has 4 rings (SSSR count). The van der Waals surface area contributed by atoms with Crippen molar-refractivity contribution in [3.05, 3.63) is 57.7 Å². The van der Waals surface area contributed by atoms with E-state index in [1.54, 1.807) is 41.3 Å². The maximum atomic E-state index is 13.1. The second-order valence-corrected chi connectivity index (χ2v) is 7.76. The number of aliphatic hydroxyl groups is 1. The number of nitrogens with one attached hydrogen (secondary N) is 1. The van der Waals surface area contributed by atoms with E-state index in [-0.39, 0.29) is 29.8 Å². The van der Waals surface area contributed by atoms with Gasteiger partial charge in [0.25, 0.3) is 5.91 Å². The molecule has 0 bridgehead atoms. The van der Waals surface area contributed by atoms with E-state index in [2.05, 4.69) is 26.1 Å². The Kier molecular flexibility index (Phi) is 5.40. The fourth-order valence-electron chi connectivity index (χ4n) is 3.80. The Bertz CT molecular complexity index is 1110. The molecule has 1 atom stereocenters. The van der Waals surface area contributed by atoms with Crippen molar-refractivity contribution in [1.29, 1.82) is 0 Å². The molecule has 9 heteroatoms. The van der Waals surface area contributed by atoms with Gasteiger partial charge in [0, 0.05) is 24.3 Å². The molecule has 30 heavy (non-hydrogen) atoms. The number of hydrogen-bond acceptors (Lipinski definition) is 6. The fourth-order valence-corrected chi connectivity index (χ4v) is 4.26. The molecule has 0 unspecified atom stereocenters. The second-order valence-electron chi connectivity index (χ2n) is 6.91. The highest BCUT2D eigenvalue weighted by atomic mass is 79.9. The Hall–Kier alpha value is -3.04. The highest BCUT2D eigenvalue weighted by molar-refractivity contribution is 9.10. The van der Waals surface area contributed by atoms with Crippen molar-refractivity contribution in [2.24, 2.45) is 0 Å². The Morgan fingerprint density at radius 1 is 1.27 bits per heavy atom. The van der Waals surface area contributed by atoms with E-state index in [9.17, 15) is 20.1 Å². The Labute approximate surface area is 180 Å². The lowest BCUT2D eigenvalue weighted by molar-refractivity contribution is 0.0732. The molecule has 1 aromatic heterocycles. The molecule has 4 N–H and O–H groups in total. The van der Waals surface area contributed by atoms with Crippen LogP contribution in [0.2, 0.25) is 0 Å². The first-order valence-corrected chi connectivity index (χ1v) is 10.1. The number of phenols is 2. The average Bonchev–Trinajstić information content (AvgIpc) is 3.28. The lowest BCUT2D eigenvalue weighted by atomic mass is 9.95. The summed E-state index contributed by atoms with van der Waals surface area (Å²) in [5.74, 6) is 0.0212. The van der Waals surface area contributed by atoms with Gasteiger partial charge in [-0.1, -0.05) is 12.1 Å². The zero-order chi connectivity index (χ0) is 21.4. The number of amides is 1. The van der Waals surface area contributed by atoms with Crippen LogP contribution in [0, 0.1) is 0 Å². The molecule has 0 spiro atoms. The number of aromatic hydroxyl groups is 2. The summed E-state index contributed by atoms with van der Waals surface area (Å²) in [5, 5.41) is 37.0. The number of hydrogen-bond donors (Lipinski definition) is 4. The summed E-state index contributed by atoms with van der Waals surface area (Å²) in [6, 6.07) is 9.63. The molecule has 0 saturated carbocycles. The summed E-state index contributed by atoms with van der Waals surface area (Å²) >= 11 is 3.34. The molecular weight excluding hydrogens is 454 g/mol. The highest BCUT2D eigenvalue weighted by Gasteiger charge is 2.42. The number of fused-ring (bicyclic) bond motifs is 1. The molecule has 8 nitrogen and oxygen atoms in total. The van der Waals surface area contributed by atoms with Crippen molar-refractivity contribution >= 4 is 21.8 Å². The van der Waals surface area contributed by atoms with Crippen LogP contribution in [0.3, 0.4) is 0 Å². The zero-order valence-electron chi connectivity index (χ0n) is 16.1. The minimum absolute atomic E-state index is 0.0409. The zero-order valence-corrected chi connectivity index (χ0v) is 17.7. The van der Waals surface area contributed by atoms with Gasteiger partial charge >= 0.3 is 0 Å². The molecule has 0 aliphatic carbocycles. The van der Waals surface area contributed by atoms with Crippen molar-refractivity contribution in [3.63, 3.8) is 0 Å². The van der Waals surface area contributed by atoms with Crippen molar-refractivity contribution in [3.8, 4) is 28.5 Å². The largest absolute Gasteiger partial charge is 0.507 e. The van der Waals surface area contributed by atoms with Gasteiger partial charge < -0.3 is 25.0 Å². The number of aromatic amines is 1. The third kappa shape index (κ3) is 3.20. The van der Waals surface area contributed by atoms with Crippen LogP contribution in [0.25, 0.3) is 11.3 Å². The van der Waals surface area contributed by atoms with Gasteiger partial charge in [-0.2, -0.15) is 5.10 Å². The monoisotopic (exact) mass is 473 g/mol. The predicted molar refractivity (Wildman–Crippen MR) is 113 cm³/mol. The lowest BCUT2D eigenvalue weighted by Crippen LogP contribution is -2.31. The molecule has 1 aliphatic heterocycles. The lowest BCUT2D eigenvalue weighted by Gasteiger charge is -2.27. The summed E-state index contributed by atoms with van der Waals surface area (Å²) in [7, 11) is 1.45. The van der Waals surface area contributed by atoms with Crippen molar-refractivity contribution < 1.29 is 24.9 Å². The first-order chi connectivity index (χ1) is 14.5. The summed E-state index contributed by atoms with van der Waals surface area (Å²) in [6.45, 7) is 0.265. The molecule has 0 saturated heterocycles. The molecule has 0 radical (unpaired) electrons. The molecular formula is C21H20BrN3O5. The molecule has 156 valence electrons. The number of benzene rings is 2. The molecule has 2 heterocycles. The van der Waals surface area contributed by atoms with Crippen LogP contribution in [-0.2, 0) is 0 Å². The van der Waals surface area contributed by atoms with E-state index in [4.69, 9.17) is 4.74 Å². The van der Waals surface area contributed by atoms with E-state index in [0.29, 0.717) is 45.5 Å². The molecule has 3 aromatic rings. The quantitative estimate of drug-likeness (QED) is 0.436. The number of H-pyrrole nitrogens is 1. The van der Waals surface area contributed by atoms with Gasteiger partial charge in [0.1, 0.15) is 17.1 Å². The van der Waals surface area contributed by atoms with Gasteiger partial charge in [0.15, 0.2) is 11.5 Å². The van der Waals surface area contributed by atoms with E-state index >= 15 is 0 Å².